The van der Waals surface area contributed by atoms with Crippen LogP contribution >= 0.6 is 11.6 Å². The number of hydrogen-bond acceptors (Lipinski definition) is 4. The molecule has 0 saturated carbocycles. The minimum absolute atomic E-state index is 0.0803. The van der Waals surface area contributed by atoms with E-state index in [1.54, 1.807) is 19.2 Å². The summed E-state index contributed by atoms with van der Waals surface area (Å²) in [5, 5.41) is 3.15. The zero-order chi connectivity index (χ0) is 19.2. The van der Waals surface area contributed by atoms with E-state index in [-0.39, 0.29) is 30.5 Å². The normalized spacial score (nSPS) is 12.4. The third kappa shape index (κ3) is 6.04. The lowest BCUT2D eigenvalue weighted by atomic mass is 9.88. The molecule has 0 aliphatic heterocycles. The van der Waals surface area contributed by atoms with Gasteiger partial charge in [0.2, 0.25) is 5.91 Å². The van der Waals surface area contributed by atoms with E-state index < -0.39 is 9.84 Å². The van der Waals surface area contributed by atoms with Crippen molar-refractivity contribution in [2.24, 2.45) is 0 Å². The molecule has 0 heterocycles. The van der Waals surface area contributed by atoms with Crippen molar-refractivity contribution in [3.8, 4) is 5.75 Å². The van der Waals surface area contributed by atoms with Crippen molar-refractivity contribution in [2.75, 3.05) is 25.7 Å². The van der Waals surface area contributed by atoms with Crippen LogP contribution in [-0.2, 0) is 14.6 Å². The summed E-state index contributed by atoms with van der Waals surface area (Å²) in [5.74, 6) is 0.0791. The third-order valence-corrected chi connectivity index (χ3v) is 5.21. The molecule has 0 spiro atoms. The first-order chi connectivity index (χ1) is 12.3. The fourth-order valence-electron chi connectivity index (χ4n) is 2.65. The highest BCUT2D eigenvalue weighted by Crippen LogP contribution is 2.33. The standard InChI is InChI=1S/C19H22ClNO4S/c1-25-18-9-8-15(12-17(18)20)16(14-6-4-3-5-7-14)13-19(22)21-10-11-26(2,23)24/h3-9,12,16H,10-11,13H2,1-2H3,(H,21,22). The zero-order valence-corrected chi connectivity index (χ0v) is 16.3. The molecule has 2 aromatic rings. The van der Waals surface area contributed by atoms with Gasteiger partial charge in [0.15, 0.2) is 0 Å². The fourth-order valence-corrected chi connectivity index (χ4v) is 3.39. The largest absolute Gasteiger partial charge is 0.495 e. The minimum atomic E-state index is -3.11. The summed E-state index contributed by atoms with van der Waals surface area (Å²) in [4.78, 5) is 12.3. The lowest BCUT2D eigenvalue weighted by Gasteiger charge is -2.19. The van der Waals surface area contributed by atoms with Crippen LogP contribution in [0.25, 0.3) is 0 Å². The summed E-state index contributed by atoms with van der Waals surface area (Å²) < 4.78 is 27.6. The van der Waals surface area contributed by atoms with E-state index in [9.17, 15) is 13.2 Å². The number of halogens is 1. The summed E-state index contributed by atoms with van der Waals surface area (Å²) in [6.45, 7) is 0.0997. The van der Waals surface area contributed by atoms with Gasteiger partial charge >= 0.3 is 0 Å². The molecule has 0 aliphatic carbocycles. The molecule has 26 heavy (non-hydrogen) atoms. The lowest BCUT2D eigenvalue weighted by molar-refractivity contribution is -0.121. The second-order valence-electron chi connectivity index (χ2n) is 6.04. The monoisotopic (exact) mass is 395 g/mol. The van der Waals surface area contributed by atoms with E-state index >= 15 is 0 Å². The van der Waals surface area contributed by atoms with Crippen molar-refractivity contribution in [3.63, 3.8) is 0 Å². The van der Waals surface area contributed by atoms with Gasteiger partial charge in [-0.15, -0.1) is 0 Å². The molecule has 7 heteroatoms. The summed E-state index contributed by atoms with van der Waals surface area (Å²) in [6.07, 6.45) is 1.34. The molecule has 0 aliphatic rings. The van der Waals surface area contributed by atoms with Crippen molar-refractivity contribution in [1.82, 2.24) is 5.32 Å². The number of sulfone groups is 1. The zero-order valence-electron chi connectivity index (χ0n) is 14.7. The molecule has 2 rings (SSSR count). The van der Waals surface area contributed by atoms with Gasteiger partial charge in [-0.05, 0) is 23.3 Å². The van der Waals surface area contributed by atoms with E-state index in [4.69, 9.17) is 16.3 Å². The third-order valence-electron chi connectivity index (χ3n) is 3.96. The first-order valence-corrected chi connectivity index (χ1v) is 10.6. The molecule has 0 radical (unpaired) electrons. The van der Waals surface area contributed by atoms with Gasteiger partial charge in [0.25, 0.3) is 0 Å². The van der Waals surface area contributed by atoms with Crippen LogP contribution in [0.4, 0.5) is 0 Å². The summed E-state index contributed by atoms with van der Waals surface area (Å²) in [7, 11) is -1.57. The Hall–Kier alpha value is -2.05. The maximum Gasteiger partial charge on any atom is 0.220 e. The smallest absolute Gasteiger partial charge is 0.220 e. The molecule has 1 amide bonds. The predicted octanol–water partition coefficient (Wildman–Crippen LogP) is 3.03. The highest BCUT2D eigenvalue weighted by atomic mass is 35.5. The number of carbonyl (C=O) groups excluding carboxylic acids is 1. The fraction of sp³-hybridized carbons (Fsp3) is 0.316. The number of rotatable bonds is 8. The molecule has 0 saturated heterocycles. The summed E-state index contributed by atoms with van der Waals surface area (Å²) in [6, 6.07) is 15.1. The van der Waals surface area contributed by atoms with Crippen molar-refractivity contribution >= 4 is 27.3 Å². The molecule has 0 aromatic heterocycles. The van der Waals surface area contributed by atoms with Gasteiger partial charge in [-0.3, -0.25) is 4.79 Å². The van der Waals surface area contributed by atoms with E-state index in [0.717, 1.165) is 17.4 Å². The van der Waals surface area contributed by atoms with Crippen molar-refractivity contribution in [2.45, 2.75) is 12.3 Å². The number of carbonyl (C=O) groups is 1. The number of hydrogen-bond donors (Lipinski definition) is 1. The van der Waals surface area contributed by atoms with E-state index in [1.165, 1.54) is 0 Å². The Balaban J connectivity index is 2.20. The molecular weight excluding hydrogens is 374 g/mol. The topological polar surface area (TPSA) is 72.5 Å². The average Bonchev–Trinajstić information content (AvgIpc) is 2.59. The molecule has 1 atom stereocenters. The Morgan fingerprint density at radius 3 is 2.42 bits per heavy atom. The molecule has 0 bridgehead atoms. The van der Waals surface area contributed by atoms with Crippen LogP contribution in [0.3, 0.4) is 0 Å². The van der Waals surface area contributed by atoms with E-state index in [2.05, 4.69) is 5.32 Å². The van der Waals surface area contributed by atoms with Crippen molar-refractivity contribution in [1.29, 1.82) is 0 Å². The molecule has 0 fully saturated rings. The van der Waals surface area contributed by atoms with Gasteiger partial charge < -0.3 is 10.1 Å². The van der Waals surface area contributed by atoms with Crippen molar-refractivity contribution < 1.29 is 17.9 Å². The van der Waals surface area contributed by atoms with Gasteiger partial charge in [0, 0.05) is 25.1 Å². The number of amides is 1. The summed E-state index contributed by atoms with van der Waals surface area (Å²) >= 11 is 6.24. The van der Waals surface area contributed by atoms with Crippen LogP contribution in [0.2, 0.25) is 5.02 Å². The van der Waals surface area contributed by atoms with Crippen LogP contribution in [0.5, 0.6) is 5.75 Å². The first kappa shape index (κ1) is 20.3. The Morgan fingerprint density at radius 2 is 1.85 bits per heavy atom. The van der Waals surface area contributed by atoms with Gasteiger partial charge in [-0.2, -0.15) is 0 Å². The van der Waals surface area contributed by atoms with Crippen molar-refractivity contribution in [3.05, 3.63) is 64.7 Å². The number of methoxy groups -OCH3 is 1. The SMILES string of the molecule is COc1ccc(C(CC(=O)NCCS(C)(=O)=O)c2ccccc2)cc1Cl. The average molecular weight is 396 g/mol. The van der Waals surface area contributed by atoms with Gasteiger partial charge in [0.1, 0.15) is 15.6 Å². The van der Waals surface area contributed by atoms with E-state index in [1.807, 2.05) is 36.4 Å². The molecular formula is C19H22ClNO4S. The number of nitrogens with one attached hydrogen (secondary N) is 1. The van der Waals surface area contributed by atoms with E-state index in [0.29, 0.717) is 10.8 Å². The molecule has 2 aromatic carbocycles. The first-order valence-electron chi connectivity index (χ1n) is 8.13. The maximum absolute atomic E-state index is 12.3. The minimum Gasteiger partial charge on any atom is -0.495 e. The van der Waals surface area contributed by atoms with Gasteiger partial charge in [-0.1, -0.05) is 48.0 Å². The quantitative estimate of drug-likeness (QED) is 0.745. The van der Waals surface area contributed by atoms with Crippen LogP contribution in [-0.4, -0.2) is 40.0 Å². The Bertz CT molecular complexity index is 853. The molecule has 140 valence electrons. The number of ether oxygens (including phenoxy) is 1. The second kappa shape index (κ2) is 9.05. The van der Waals surface area contributed by atoms with Crippen LogP contribution in [0, 0.1) is 0 Å². The van der Waals surface area contributed by atoms with Crippen LogP contribution in [0.15, 0.2) is 48.5 Å². The van der Waals surface area contributed by atoms with Gasteiger partial charge in [-0.25, -0.2) is 8.42 Å². The van der Waals surface area contributed by atoms with Gasteiger partial charge in [0.05, 0.1) is 17.9 Å². The maximum atomic E-state index is 12.3. The second-order valence-corrected chi connectivity index (χ2v) is 8.71. The lowest BCUT2D eigenvalue weighted by Crippen LogP contribution is -2.30. The Kier molecular flexibility index (Phi) is 7.06. The highest BCUT2D eigenvalue weighted by molar-refractivity contribution is 7.90. The Morgan fingerprint density at radius 1 is 1.15 bits per heavy atom. The predicted molar refractivity (Wildman–Crippen MR) is 104 cm³/mol. The molecule has 5 nitrogen and oxygen atoms in total. The Labute approximate surface area is 159 Å². The highest BCUT2D eigenvalue weighted by Gasteiger charge is 2.19. The number of benzene rings is 2. The summed E-state index contributed by atoms with van der Waals surface area (Å²) in [5.41, 5.74) is 1.87. The van der Waals surface area contributed by atoms with Crippen LogP contribution < -0.4 is 10.1 Å². The van der Waals surface area contributed by atoms with Crippen LogP contribution in [0.1, 0.15) is 23.5 Å². The molecule has 1 N–H and O–H groups in total. The molecule has 1 unspecified atom stereocenters.